The third-order valence-corrected chi connectivity index (χ3v) is 4.61. The summed E-state index contributed by atoms with van der Waals surface area (Å²) in [6, 6.07) is 8.06. The zero-order chi connectivity index (χ0) is 13.1. The number of hydrogen-bond donors (Lipinski definition) is 1. The Balaban J connectivity index is 2.08. The Morgan fingerprint density at radius 3 is 2.39 bits per heavy atom. The van der Waals surface area contributed by atoms with E-state index >= 15 is 0 Å². The van der Waals surface area contributed by atoms with Crippen LogP contribution < -0.4 is 10.2 Å². The van der Waals surface area contributed by atoms with Gasteiger partial charge in [-0.3, -0.25) is 0 Å². The van der Waals surface area contributed by atoms with Crippen molar-refractivity contribution in [1.82, 2.24) is 5.32 Å². The largest absolute Gasteiger partial charge is 0.371 e. The third kappa shape index (κ3) is 2.69. The highest BCUT2D eigenvalue weighted by Crippen LogP contribution is 2.29. The van der Waals surface area contributed by atoms with Crippen molar-refractivity contribution in [1.29, 1.82) is 0 Å². The van der Waals surface area contributed by atoms with E-state index in [1.54, 1.807) is 0 Å². The van der Waals surface area contributed by atoms with E-state index in [4.69, 9.17) is 0 Å². The molecule has 0 atom stereocenters. The predicted octanol–water partition coefficient (Wildman–Crippen LogP) is 3.27. The first-order chi connectivity index (χ1) is 8.63. The molecule has 1 aliphatic rings. The summed E-state index contributed by atoms with van der Waals surface area (Å²) in [5.41, 5.74) is 4.22. The maximum Gasteiger partial charge on any atom is 0.0398 e. The summed E-state index contributed by atoms with van der Waals surface area (Å²) in [5, 5.41) is 3.41. The summed E-state index contributed by atoms with van der Waals surface area (Å²) in [6.07, 6.45) is 5.21. The molecule has 0 amide bonds. The summed E-state index contributed by atoms with van der Waals surface area (Å²) >= 11 is 0. The molecule has 0 spiro atoms. The standard InChI is InChI=1S/C16H26N2/c1-12-6-5-7-16(13(12)2)18(4)15-10-8-14(17-3)9-11-15/h5-7,14-15,17H,8-11H2,1-4H3. The van der Waals surface area contributed by atoms with Crippen LogP contribution >= 0.6 is 0 Å². The van der Waals surface area contributed by atoms with Gasteiger partial charge in [-0.1, -0.05) is 12.1 Å². The number of aryl methyl sites for hydroxylation is 1. The molecule has 1 aromatic carbocycles. The van der Waals surface area contributed by atoms with Crippen LogP contribution in [0.15, 0.2) is 18.2 Å². The molecule has 0 heterocycles. The fraction of sp³-hybridized carbons (Fsp3) is 0.625. The van der Waals surface area contributed by atoms with Crippen LogP contribution in [0.25, 0.3) is 0 Å². The van der Waals surface area contributed by atoms with Gasteiger partial charge in [-0.15, -0.1) is 0 Å². The molecular formula is C16H26N2. The first-order valence-electron chi connectivity index (χ1n) is 7.09. The van der Waals surface area contributed by atoms with E-state index in [2.05, 4.69) is 56.4 Å². The Hall–Kier alpha value is -1.02. The molecule has 0 bridgehead atoms. The minimum absolute atomic E-state index is 0.704. The molecule has 0 aromatic heterocycles. The smallest absolute Gasteiger partial charge is 0.0398 e. The Labute approximate surface area is 111 Å². The molecule has 0 saturated heterocycles. The minimum atomic E-state index is 0.704. The SMILES string of the molecule is CNC1CCC(N(C)c2cccc(C)c2C)CC1. The normalized spacial score (nSPS) is 24.0. The number of rotatable bonds is 3. The lowest BCUT2D eigenvalue weighted by molar-refractivity contribution is 0.351. The molecule has 1 N–H and O–H groups in total. The maximum atomic E-state index is 3.41. The van der Waals surface area contributed by atoms with Crippen LogP contribution in [0.2, 0.25) is 0 Å². The van der Waals surface area contributed by atoms with Crippen molar-refractivity contribution >= 4 is 5.69 Å². The first-order valence-corrected chi connectivity index (χ1v) is 7.09. The Morgan fingerprint density at radius 1 is 1.11 bits per heavy atom. The van der Waals surface area contributed by atoms with Gasteiger partial charge in [0.15, 0.2) is 0 Å². The number of benzene rings is 1. The van der Waals surface area contributed by atoms with E-state index in [-0.39, 0.29) is 0 Å². The van der Waals surface area contributed by atoms with Gasteiger partial charge in [-0.2, -0.15) is 0 Å². The van der Waals surface area contributed by atoms with Crippen molar-refractivity contribution in [2.45, 2.75) is 51.6 Å². The lowest BCUT2D eigenvalue weighted by Gasteiger charge is -2.36. The van der Waals surface area contributed by atoms with Crippen LogP contribution in [0.4, 0.5) is 5.69 Å². The maximum absolute atomic E-state index is 3.41. The highest BCUT2D eigenvalue weighted by Gasteiger charge is 2.23. The summed E-state index contributed by atoms with van der Waals surface area (Å²) in [7, 11) is 4.34. The average molecular weight is 246 g/mol. The van der Waals surface area contributed by atoms with E-state index in [1.807, 2.05) is 0 Å². The van der Waals surface area contributed by atoms with Gasteiger partial charge in [0.25, 0.3) is 0 Å². The second-order valence-electron chi connectivity index (χ2n) is 5.62. The van der Waals surface area contributed by atoms with E-state index in [0.717, 1.165) is 6.04 Å². The van der Waals surface area contributed by atoms with Crippen molar-refractivity contribution in [3.05, 3.63) is 29.3 Å². The highest BCUT2D eigenvalue weighted by atomic mass is 15.1. The van der Waals surface area contributed by atoms with E-state index in [0.29, 0.717) is 6.04 Å². The van der Waals surface area contributed by atoms with Crippen LogP contribution in [-0.4, -0.2) is 26.2 Å². The topological polar surface area (TPSA) is 15.3 Å². The Kier molecular flexibility index (Phi) is 4.28. The fourth-order valence-corrected chi connectivity index (χ4v) is 3.07. The Bertz CT molecular complexity index is 392. The molecule has 1 fully saturated rings. The van der Waals surface area contributed by atoms with Gasteiger partial charge < -0.3 is 10.2 Å². The third-order valence-electron chi connectivity index (χ3n) is 4.61. The summed E-state index contributed by atoms with van der Waals surface area (Å²) in [6.45, 7) is 4.44. The highest BCUT2D eigenvalue weighted by molar-refractivity contribution is 5.56. The monoisotopic (exact) mass is 246 g/mol. The van der Waals surface area contributed by atoms with Gasteiger partial charge in [0.05, 0.1) is 0 Å². The van der Waals surface area contributed by atoms with Gasteiger partial charge in [-0.05, 0) is 63.8 Å². The molecular weight excluding hydrogens is 220 g/mol. The van der Waals surface area contributed by atoms with E-state index in [1.165, 1.54) is 42.5 Å². The van der Waals surface area contributed by atoms with Crippen LogP contribution in [0.1, 0.15) is 36.8 Å². The molecule has 0 radical (unpaired) electrons. The fourth-order valence-electron chi connectivity index (χ4n) is 3.07. The summed E-state index contributed by atoms with van der Waals surface area (Å²) in [4.78, 5) is 2.49. The molecule has 2 nitrogen and oxygen atoms in total. The van der Waals surface area contributed by atoms with Crippen molar-refractivity contribution in [3.63, 3.8) is 0 Å². The average Bonchev–Trinajstić information content (AvgIpc) is 2.41. The van der Waals surface area contributed by atoms with Gasteiger partial charge >= 0.3 is 0 Å². The quantitative estimate of drug-likeness (QED) is 0.880. The zero-order valence-electron chi connectivity index (χ0n) is 12.2. The van der Waals surface area contributed by atoms with E-state index in [9.17, 15) is 0 Å². The van der Waals surface area contributed by atoms with Gasteiger partial charge in [0.1, 0.15) is 0 Å². The molecule has 1 saturated carbocycles. The first kappa shape index (κ1) is 13.4. The second kappa shape index (κ2) is 5.75. The van der Waals surface area contributed by atoms with Crippen LogP contribution in [-0.2, 0) is 0 Å². The lowest BCUT2D eigenvalue weighted by atomic mass is 9.90. The molecule has 0 aliphatic heterocycles. The molecule has 18 heavy (non-hydrogen) atoms. The van der Waals surface area contributed by atoms with Gasteiger partial charge in [0.2, 0.25) is 0 Å². The van der Waals surface area contributed by atoms with Gasteiger partial charge in [-0.25, -0.2) is 0 Å². The molecule has 100 valence electrons. The number of hydrogen-bond acceptors (Lipinski definition) is 2. The summed E-state index contributed by atoms with van der Waals surface area (Å²) < 4.78 is 0. The molecule has 0 unspecified atom stereocenters. The second-order valence-corrected chi connectivity index (χ2v) is 5.62. The number of nitrogens with one attached hydrogen (secondary N) is 1. The number of anilines is 1. The predicted molar refractivity (Wildman–Crippen MR) is 79.4 cm³/mol. The van der Waals surface area contributed by atoms with E-state index < -0.39 is 0 Å². The van der Waals surface area contributed by atoms with Crippen molar-refractivity contribution in [3.8, 4) is 0 Å². The van der Waals surface area contributed by atoms with Crippen LogP contribution in [0.5, 0.6) is 0 Å². The Morgan fingerprint density at radius 2 is 1.78 bits per heavy atom. The minimum Gasteiger partial charge on any atom is -0.371 e. The molecule has 2 rings (SSSR count). The molecule has 2 heteroatoms. The van der Waals surface area contributed by atoms with Crippen LogP contribution in [0.3, 0.4) is 0 Å². The summed E-state index contributed by atoms with van der Waals surface area (Å²) in [5.74, 6) is 0. The zero-order valence-corrected chi connectivity index (χ0v) is 12.2. The van der Waals surface area contributed by atoms with Crippen LogP contribution in [0, 0.1) is 13.8 Å². The lowest BCUT2D eigenvalue weighted by Crippen LogP contribution is -2.40. The van der Waals surface area contributed by atoms with Crippen molar-refractivity contribution in [2.24, 2.45) is 0 Å². The van der Waals surface area contributed by atoms with Crippen molar-refractivity contribution < 1.29 is 0 Å². The van der Waals surface area contributed by atoms with Gasteiger partial charge in [0, 0.05) is 24.8 Å². The van der Waals surface area contributed by atoms with Crippen molar-refractivity contribution in [2.75, 3.05) is 19.0 Å². The number of nitrogens with zero attached hydrogens (tertiary/aromatic N) is 1. The molecule has 1 aliphatic carbocycles. The molecule has 1 aromatic rings.